The van der Waals surface area contributed by atoms with E-state index in [9.17, 15) is 0 Å². The Morgan fingerprint density at radius 1 is 0.818 bits per heavy atom. The molecule has 0 N–H and O–H groups in total. The molecule has 1 fully saturated rings. The summed E-state index contributed by atoms with van der Waals surface area (Å²) in [5.41, 5.74) is 0. The van der Waals surface area contributed by atoms with E-state index < -0.39 is 0 Å². The Bertz CT molecular complexity index is 66.1. The highest BCUT2D eigenvalue weighted by molar-refractivity contribution is 4.64. The van der Waals surface area contributed by atoms with Crippen molar-refractivity contribution in [1.29, 1.82) is 0 Å². The van der Waals surface area contributed by atoms with Gasteiger partial charge >= 0.3 is 0 Å². The van der Waals surface area contributed by atoms with Crippen molar-refractivity contribution in [3.05, 3.63) is 0 Å². The van der Waals surface area contributed by atoms with Gasteiger partial charge in [-0.25, -0.2) is 0 Å². The minimum atomic E-state index is 1.00. The van der Waals surface area contributed by atoms with Gasteiger partial charge in [0.1, 0.15) is 0 Å². The minimum Gasteiger partial charge on any atom is -0.0683 e. The summed E-state index contributed by atoms with van der Waals surface area (Å²) in [5.74, 6) is 2.00. The van der Waals surface area contributed by atoms with Crippen LogP contribution in [-0.4, -0.2) is 0 Å². The molecule has 1 aliphatic carbocycles. The summed E-state index contributed by atoms with van der Waals surface area (Å²) in [5, 5.41) is 0. The molecule has 0 aliphatic heterocycles. The SMILES string of the molecule is CC.CC1CCCCC(C)C1. The van der Waals surface area contributed by atoms with Crippen molar-refractivity contribution >= 4 is 0 Å². The van der Waals surface area contributed by atoms with Gasteiger partial charge in [0.05, 0.1) is 0 Å². The minimum absolute atomic E-state index is 1.00. The van der Waals surface area contributed by atoms with Crippen LogP contribution in [0.2, 0.25) is 0 Å². The van der Waals surface area contributed by atoms with E-state index >= 15 is 0 Å². The molecule has 2 unspecified atom stereocenters. The van der Waals surface area contributed by atoms with Gasteiger partial charge in [-0.2, -0.15) is 0 Å². The van der Waals surface area contributed by atoms with E-state index in [1.165, 1.54) is 32.1 Å². The number of hydrogen-bond acceptors (Lipinski definition) is 0. The third-order valence-electron chi connectivity index (χ3n) is 2.45. The van der Waals surface area contributed by atoms with E-state index in [0.717, 1.165) is 11.8 Å². The highest BCUT2D eigenvalue weighted by atomic mass is 14.2. The van der Waals surface area contributed by atoms with E-state index in [-0.39, 0.29) is 0 Å². The molecular weight excluding hydrogens is 132 g/mol. The zero-order chi connectivity index (χ0) is 8.69. The maximum absolute atomic E-state index is 2.39. The van der Waals surface area contributed by atoms with Crippen LogP contribution in [-0.2, 0) is 0 Å². The molecule has 0 aromatic heterocycles. The summed E-state index contributed by atoms with van der Waals surface area (Å²) in [6.07, 6.45) is 7.38. The van der Waals surface area contributed by atoms with Crippen molar-refractivity contribution in [3.8, 4) is 0 Å². The summed E-state index contributed by atoms with van der Waals surface area (Å²) >= 11 is 0. The molecule has 0 heterocycles. The molecule has 0 aromatic rings. The average Bonchev–Trinajstić information content (AvgIpc) is 2.18. The molecule has 2 atom stereocenters. The molecule has 0 heteroatoms. The molecule has 0 amide bonds. The first-order chi connectivity index (χ1) is 5.29. The molecular formula is C11H24. The van der Waals surface area contributed by atoms with Crippen LogP contribution in [0.1, 0.15) is 59.8 Å². The summed E-state index contributed by atoms with van der Waals surface area (Å²) in [4.78, 5) is 0. The number of rotatable bonds is 0. The Morgan fingerprint density at radius 3 is 1.55 bits per heavy atom. The van der Waals surface area contributed by atoms with Crippen LogP contribution < -0.4 is 0 Å². The lowest BCUT2D eigenvalue weighted by Crippen LogP contribution is -1.97. The van der Waals surface area contributed by atoms with Crippen molar-refractivity contribution in [3.63, 3.8) is 0 Å². The largest absolute Gasteiger partial charge is 0.0683 e. The van der Waals surface area contributed by atoms with Crippen LogP contribution in [0.15, 0.2) is 0 Å². The Hall–Kier alpha value is 0. The monoisotopic (exact) mass is 156 g/mol. The first kappa shape index (κ1) is 11.0. The van der Waals surface area contributed by atoms with Gasteiger partial charge in [0.2, 0.25) is 0 Å². The zero-order valence-corrected chi connectivity index (χ0v) is 8.69. The van der Waals surface area contributed by atoms with E-state index in [2.05, 4.69) is 13.8 Å². The van der Waals surface area contributed by atoms with E-state index in [0.29, 0.717) is 0 Å². The second kappa shape index (κ2) is 6.69. The molecule has 0 aromatic carbocycles. The van der Waals surface area contributed by atoms with Gasteiger partial charge in [-0.1, -0.05) is 53.4 Å². The standard InChI is InChI=1S/C9H18.C2H6/c1-8-5-3-4-6-9(2)7-8;1-2/h8-9H,3-7H2,1-2H3;1-2H3. The average molecular weight is 156 g/mol. The maximum Gasteiger partial charge on any atom is -0.0440 e. The molecule has 1 rings (SSSR count). The maximum atomic E-state index is 2.39. The van der Waals surface area contributed by atoms with Gasteiger partial charge in [-0.15, -0.1) is 0 Å². The zero-order valence-electron chi connectivity index (χ0n) is 8.69. The van der Waals surface area contributed by atoms with Crippen molar-refractivity contribution in [2.75, 3.05) is 0 Å². The highest BCUT2D eigenvalue weighted by Gasteiger charge is 2.12. The van der Waals surface area contributed by atoms with Gasteiger partial charge in [0.15, 0.2) is 0 Å². The predicted molar refractivity (Wildman–Crippen MR) is 52.8 cm³/mol. The molecule has 0 nitrogen and oxygen atoms in total. The molecule has 1 aliphatic rings. The summed E-state index contributed by atoms with van der Waals surface area (Å²) in [6, 6.07) is 0. The Kier molecular flexibility index (Phi) is 6.69. The first-order valence-corrected chi connectivity index (χ1v) is 5.29. The van der Waals surface area contributed by atoms with Crippen molar-refractivity contribution in [2.24, 2.45) is 11.8 Å². The second-order valence-electron chi connectivity index (χ2n) is 3.73. The summed E-state index contributed by atoms with van der Waals surface area (Å²) in [6.45, 7) is 8.78. The molecule has 1 saturated carbocycles. The topological polar surface area (TPSA) is 0 Å². The van der Waals surface area contributed by atoms with E-state index in [1.54, 1.807) is 0 Å². The molecule has 0 spiro atoms. The normalized spacial score (nSPS) is 31.6. The number of hydrogen-bond donors (Lipinski definition) is 0. The van der Waals surface area contributed by atoms with Crippen molar-refractivity contribution in [1.82, 2.24) is 0 Å². The fraction of sp³-hybridized carbons (Fsp3) is 1.00. The third kappa shape index (κ3) is 5.29. The van der Waals surface area contributed by atoms with Gasteiger partial charge in [0, 0.05) is 0 Å². The van der Waals surface area contributed by atoms with Gasteiger partial charge < -0.3 is 0 Å². The van der Waals surface area contributed by atoms with Crippen LogP contribution >= 0.6 is 0 Å². The van der Waals surface area contributed by atoms with Crippen molar-refractivity contribution < 1.29 is 0 Å². The Balaban J connectivity index is 0.000000461. The Labute approximate surface area is 72.4 Å². The van der Waals surface area contributed by atoms with Crippen LogP contribution in [0.4, 0.5) is 0 Å². The van der Waals surface area contributed by atoms with Gasteiger partial charge in [-0.3, -0.25) is 0 Å². The lowest BCUT2D eigenvalue weighted by Gasteiger charge is -2.09. The van der Waals surface area contributed by atoms with E-state index in [1.807, 2.05) is 13.8 Å². The predicted octanol–water partition coefficient (Wildman–Crippen LogP) is 4.25. The quantitative estimate of drug-likeness (QED) is 0.460. The first-order valence-electron chi connectivity index (χ1n) is 5.29. The van der Waals surface area contributed by atoms with Gasteiger partial charge in [-0.05, 0) is 18.3 Å². The molecule has 68 valence electrons. The Morgan fingerprint density at radius 2 is 1.18 bits per heavy atom. The lowest BCUT2D eigenvalue weighted by atomic mass is 9.97. The second-order valence-corrected chi connectivity index (χ2v) is 3.73. The highest BCUT2D eigenvalue weighted by Crippen LogP contribution is 2.26. The summed E-state index contributed by atoms with van der Waals surface area (Å²) in [7, 11) is 0. The summed E-state index contributed by atoms with van der Waals surface area (Å²) < 4.78 is 0. The smallest absolute Gasteiger partial charge is 0.0440 e. The fourth-order valence-electron chi connectivity index (χ4n) is 1.91. The molecule has 0 radical (unpaired) electrons. The van der Waals surface area contributed by atoms with Crippen LogP contribution in [0.5, 0.6) is 0 Å². The van der Waals surface area contributed by atoms with Crippen LogP contribution in [0, 0.1) is 11.8 Å². The van der Waals surface area contributed by atoms with E-state index in [4.69, 9.17) is 0 Å². The lowest BCUT2D eigenvalue weighted by molar-refractivity contribution is 0.423. The van der Waals surface area contributed by atoms with Crippen LogP contribution in [0.25, 0.3) is 0 Å². The molecule has 0 bridgehead atoms. The van der Waals surface area contributed by atoms with Crippen molar-refractivity contribution in [2.45, 2.75) is 59.8 Å². The molecule has 11 heavy (non-hydrogen) atoms. The molecule has 0 saturated heterocycles. The fourth-order valence-corrected chi connectivity index (χ4v) is 1.91. The van der Waals surface area contributed by atoms with Crippen LogP contribution in [0.3, 0.4) is 0 Å². The third-order valence-corrected chi connectivity index (χ3v) is 2.45. The van der Waals surface area contributed by atoms with Gasteiger partial charge in [0.25, 0.3) is 0 Å².